The predicted octanol–water partition coefficient (Wildman–Crippen LogP) is 5.95. The molecule has 6 aliphatic rings. The number of benzene rings is 4. The summed E-state index contributed by atoms with van der Waals surface area (Å²) < 4.78 is 0. The summed E-state index contributed by atoms with van der Waals surface area (Å²) in [5.74, 6) is -2.03. The van der Waals surface area contributed by atoms with E-state index in [4.69, 9.17) is 0 Å². The van der Waals surface area contributed by atoms with Crippen LogP contribution in [0.5, 0.6) is 0 Å². The zero-order valence-corrected chi connectivity index (χ0v) is 18.1. The van der Waals surface area contributed by atoms with Gasteiger partial charge in [-0.05, 0) is 68.8 Å². The minimum absolute atomic E-state index is 0.0320. The van der Waals surface area contributed by atoms with Crippen molar-refractivity contribution < 1.29 is 19.8 Å². The molecule has 10 rings (SSSR count). The zero-order chi connectivity index (χ0) is 23.1. The highest BCUT2D eigenvalue weighted by Gasteiger charge is 2.49. The molecular formula is C30H20O4. The van der Waals surface area contributed by atoms with Gasteiger partial charge in [0.25, 0.3) is 0 Å². The van der Waals surface area contributed by atoms with Gasteiger partial charge in [-0.2, -0.15) is 0 Å². The summed E-state index contributed by atoms with van der Waals surface area (Å²) in [7, 11) is 0. The maximum Gasteiger partial charge on any atom is 0.335 e. The Morgan fingerprint density at radius 3 is 1.06 bits per heavy atom. The molecule has 0 radical (unpaired) electrons. The molecule has 4 heteroatoms. The van der Waals surface area contributed by atoms with Crippen molar-refractivity contribution in [2.24, 2.45) is 0 Å². The van der Waals surface area contributed by atoms with E-state index in [-0.39, 0.29) is 23.7 Å². The fourth-order valence-corrected chi connectivity index (χ4v) is 6.78. The van der Waals surface area contributed by atoms with Crippen LogP contribution in [0.15, 0.2) is 84.9 Å². The van der Waals surface area contributed by atoms with Crippen molar-refractivity contribution in [2.45, 2.75) is 23.7 Å². The predicted molar refractivity (Wildman–Crippen MR) is 127 cm³/mol. The highest BCUT2D eigenvalue weighted by Crippen LogP contribution is 2.63. The Hall–Kier alpha value is -4.18. The molecule has 4 aromatic carbocycles. The first kappa shape index (κ1) is 19.3. The van der Waals surface area contributed by atoms with Gasteiger partial charge in [0.05, 0.1) is 11.1 Å². The maximum absolute atomic E-state index is 11.9. The van der Waals surface area contributed by atoms with Gasteiger partial charge in [0, 0.05) is 23.7 Å². The monoisotopic (exact) mass is 444 g/mol. The van der Waals surface area contributed by atoms with Crippen molar-refractivity contribution in [3.8, 4) is 0 Å². The molecule has 4 aromatic rings. The second kappa shape index (κ2) is 6.67. The first-order valence-corrected chi connectivity index (χ1v) is 11.5. The summed E-state index contributed by atoms with van der Waals surface area (Å²) in [5.41, 5.74) is 10.00. The lowest BCUT2D eigenvalue weighted by atomic mass is 9.53. The van der Waals surface area contributed by atoms with Crippen LogP contribution >= 0.6 is 0 Å². The third kappa shape index (κ3) is 2.37. The Bertz CT molecular complexity index is 1430. The fraction of sp³-hybridized carbons (Fsp3) is 0.133. The summed E-state index contributed by atoms with van der Waals surface area (Å²) in [5, 5.41) is 19.5. The third-order valence-electron chi connectivity index (χ3n) is 8.01. The van der Waals surface area contributed by atoms with Gasteiger partial charge in [-0.15, -0.1) is 0 Å². The normalized spacial score (nSPS) is 22.6. The van der Waals surface area contributed by atoms with E-state index in [2.05, 4.69) is 48.5 Å². The molecule has 0 amide bonds. The molecule has 0 aromatic heterocycles. The molecule has 34 heavy (non-hydrogen) atoms. The van der Waals surface area contributed by atoms with E-state index >= 15 is 0 Å². The summed E-state index contributed by atoms with van der Waals surface area (Å²) in [4.78, 5) is 23.8. The smallest absolute Gasteiger partial charge is 0.335 e. The van der Waals surface area contributed by atoms with E-state index in [0.29, 0.717) is 11.1 Å². The summed E-state index contributed by atoms with van der Waals surface area (Å²) in [6.45, 7) is 0. The van der Waals surface area contributed by atoms with Crippen LogP contribution in [0, 0.1) is 0 Å². The van der Waals surface area contributed by atoms with Crippen LogP contribution in [0.2, 0.25) is 0 Å². The standard InChI is InChI=1S/C30H20O4/c31-29(32)15-9-11-21-23(13-15)27-19-7-3-1-5-17(19)25(21)28-20-8-4-2-6-18(20)26(27)22-12-10-16(30(33)34)14-24(22)28/h1-14,25-28H,(H,31,32)(H,33,34). The van der Waals surface area contributed by atoms with E-state index in [0.717, 1.165) is 22.3 Å². The molecule has 4 nitrogen and oxygen atoms in total. The highest BCUT2D eigenvalue weighted by molar-refractivity contribution is 5.89. The van der Waals surface area contributed by atoms with Crippen molar-refractivity contribution in [2.75, 3.05) is 0 Å². The van der Waals surface area contributed by atoms with Crippen molar-refractivity contribution in [1.82, 2.24) is 0 Å². The van der Waals surface area contributed by atoms with Gasteiger partial charge >= 0.3 is 11.9 Å². The number of carboxylic acid groups (broad SMARTS) is 2. The summed E-state index contributed by atoms with van der Waals surface area (Å²) in [6.07, 6.45) is 0. The van der Waals surface area contributed by atoms with Gasteiger partial charge in [-0.25, -0.2) is 9.59 Å². The van der Waals surface area contributed by atoms with Crippen LogP contribution < -0.4 is 0 Å². The molecule has 4 atom stereocenters. The molecule has 0 saturated heterocycles. The van der Waals surface area contributed by atoms with E-state index in [1.54, 1.807) is 12.1 Å². The quantitative estimate of drug-likeness (QED) is 0.401. The van der Waals surface area contributed by atoms with Crippen LogP contribution in [0.1, 0.15) is 88.9 Å². The minimum atomic E-state index is -0.925. The Balaban J connectivity index is 1.63. The third-order valence-corrected chi connectivity index (χ3v) is 8.01. The molecule has 0 heterocycles. The second-order valence-corrected chi connectivity index (χ2v) is 9.47. The number of hydrogen-bond acceptors (Lipinski definition) is 2. The molecule has 4 bridgehead atoms. The largest absolute Gasteiger partial charge is 0.478 e. The highest BCUT2D eigenvalue weighted by atomic mass is 16.4. The molecule has 0 spiro atoms. The van der Waals surface area contributed by atoms with E-state index in [1.807, 2.05) is 24.3 Å². The molecule has 164 valence electrons. The van der Waals surface area contributed by atoms with Crippen molar-refractivity contribution in [1.29, 1.82) is 0 Å². The number of carbonyl (C=O) groups is 2. The van der Waals surface area contributed by atoms with Crippen molar-refractivity contribution in [3.05, 3.63) is 141 Å². The molecule has 6 aliphatic carbocycles. The number of carboxylic acids is 2. The van der Waals surface area contributed by atoms with Crippen LogP contribution in [-0.4, -0.2) is 22.2 Å². The summed E-state index contributed by atoms with van der Waals surface area (Å²) in [6, 6.07) is 28.1. The van der Waals surface area contributed by atoms with Gasteiger partial charge in [-0.3, -0.25) is 0 Å². The van der Waals surface area contributed by atoms with Crippen LogP contribution in [0.25, 0.3) is 0 Å². The average molecular weight is 444 g/mol. The van der Waals surface area contributed by atoms with E-state index in [9.17, 15) is 19.8 Å². The minimum Gasteiger partial charge on any atom is -0.478 e. The average Bonchev–Trinajstić information content (AvgIpc) is 2.84. The van der Waals surface area contributed by atoms with E-state index in [1.165, 1.54) is 22.3 Å². The van der Waals surface area contributed by atoms with Crippen LogP contribution in [0.3, 0.4) is 0 Å². The first-order valence-electron chi connectivity index (χ1n) is 11.5. The van der Waals surface area contributed by atoms with E-state index < -0.39 is 11.9 Å². The van der Waals surface area contributed by atoms with Gasteiger partial charge in [0.2, 0.25) is 0 Å². The van der Waals surface area contributed by atoms with Gasteiger partial charge in [0.1, 0.15) is 0 Å². The zero-order valence-electron chi connectivity index (χ0n) is 18.1. The first-order chi connectivity index (χ1) is 16.5. The fourth-order valence-electron chi connectivity index (χ4n) is 6.78. The van der Waals surface area contributed by atoms with Gasteiger partial charge in [0.15, 0.2) is 0 Å². The molecular weight excluding hydrogens is 424 g/mol. The lowest BCUT2D eigenvalue weighted by Gasteiger charge is -2.50. The van der Waals surface area contributed by atoms with Crippen LogP contribution in [0.4, 0.5) is 0 Å². The van der Waals surface area contributed by atoms with Gasteiger partial charge < -0.3 is 10.2 Å². The lowest BCUT2D eigenvalue weighted by molar-refractivity contribution is 0.0686. The Morgan fingerprint density at radius 1 is 0.441 bits per heavy atom. The topological polar surface area (TPSA) is 74.6 Å². The maximum atomic E-state index is 11.9. The second-order valence-electron chi connectivity index (χ2n) is 9.47. The Kier molecular flexibility index (Phi) is 3.79. The molecule has 0 fully saturated rings. The number of hydrogen-bond donors (Lipinski definition) is 2. The van der Waals surface area contributed by atoms with Crippen molar-refractivity contribution in [3.63, 3.8) is 0 Å². The van der Waals surface area contributed by atoms with Crippen LogP contribution in [-0.2, 0) is 0 Å². The molecule has 4 unspecified atom stereocenters. The number of aromatic carboxylic acids is 2. The van der Waals surface area contributed by atoms with Crippen molar-refractivity contribution >= 4 is 11.9 Å². The Morgan fingerprint density at radius 2 is 0.735 bits per heavy atom. The lowest BCUT2D eigenvalue weighted by Crippen LogP contribution is -2.36. The SMILES string of the molecule is O=C(O)c1ccc2c(c1)C1c3ccccc3C2C2c3ccccc3C1c1ccc(C(=O)O)cc12. The molecule has 0 aliphatic heterocycles. The summed E-state index contributed by atoms with van der Waals surface area (Å²) >= 11 is 0. The Labute approximate surface area is 196 Å². The molecule has 0 saturated carbocycles. The van der Waals surface area contributed by atoms with Gasteiger partial charge in [-0.1, -0.05) is 60.7 Å². The molecule has 2 N–H and O–H groups in total. The number of rotatable bonds is 2.